The van der Waals surface area contributed by atoms with Gasteiger partial charge in [0, 0.05) is 30.0 Å². The van der Waals surface area contributed by atoms with Crippen molar-refractivity contribution in [2.24, 2.45) is 10.8 Å². The second-order valence-corrected chi connectivity index (χ2v) is 4.97. The molecule has 0 unspecified atom stereocenters. The van der Waals surface area contributed by atoms with Crippen LogP contribution in [0.3, 0.4) is 0 Å². The lowest BCUT2D eigenvalue weighted by Crippen LogP contribution is -2.42. The Labute approximate surface area is 106 Å². The van der Waals surface area contributed by atoms with E-state index in [-0.39, 0.29) is 0 Å². The van der Waals surface area contributed by atoms with Crippen molar-refractivity contribution in [1.82, 2.24) is 10.7 Å². The average molecular weight is 256 g/mol. The van der Waals surface area contributed by atoms with Crippen LogP contribution in [0.15, 0.2) is 17.1 Å². The summed E-state index contributed by atoms with van der Waals surface area (Å²) in [5.41, 5.74) is 2.56. The lowest BCUT2D eigenvalue weighted by Gasteiger charge is -2.08. The van der Waals surface area contributed by atoms with Gasteiger partial charge in [0.05, 0.1) is 6.54 Å². The second kappa shape index (κ2) is 8.05. The van der Waals surface area contributed by atoms with Gasteiger partial charge in [0.25, 0.3) is 0 Å². The summed E-state index contributed by atoms with van der Waals surface area (Å²) < 4.78 is 4.96. The van der Waals surface area contributed by atoms with E-state index in [1.165, 1.54) is 9.75 Å². The van der Waals surface area contributed by atoms with Gasteiger partial charge in [0.1, 0.15) is 0 Å². The van der Waals surface area contributed by atoms with Gasteiger partial charge in [-0.05, 0) is 25.5 Å². The van der Waals surface area contributed by atoms with Gasteiger partial charge in [-0.3, -0.25) is 5.43 Å². The number of aliphatic imine (C=N–C) groups is 1. The predicted molar refractivity (Wildman–Crippen MR) is 72.0 cm³/mol. The maximum Gasteiger partial charge on any atom is 0.206 e. The number of thiophene rings is 1. The van der Waals surface area contributed by atoms with Crippen molar-refractivity contribution in [3.05, 3.63) is 21.9 Å². The zero-order chi connectivity index (χ0) is 12.5. The molecular formula is C11H20N4OS. The van der Waals surface area contributed by atoms with E-state index in [1.54, 1.807) is 18.4 Å². The fourth-order valence-electron chi connectivity index (χ4n) is 1.30. The summed E-state index contributed by atoms with van der Waals surface area (Å²) in [4.78, 5) is 6.89. The van der Waals surface area contributed by atoms with Crippen molar-refractivity contribution in [2.75, 3.05) is 20.3 Å². The number of ether oxygens (including phenoxy) is 1. The van der Waals surface area contributed by atoms with Crippen molar-refractivity contribution >= 4 is 17.3 Å². The van der Waals surface area contributed by atoms with E-state index in [1.807, 2.05) is 0 Å². The fraction of sp³-hybridized carbons (Fsp3) is 0.545. The second-order valence-electron chi connectivity index (χ2n) is 3.59. The molecule has 0 aliphatic rings. The number of aryl methyl sites for hydroxylation is 1. The standard InChI is InChI=1S/C11H20N4OS/c1-9-4-5-10(17-9)8-14-11(15-12)13-6-3-7-16-2/h4-5H,3,6-8,12H2,1-2H3,(H2,13,14,15). The Balaban J connectivity index is 2.33. The first-order valence-electron chi connectivity index (χ1n) is 5.55. The minimum atomic E-state index is 0.618. The Bertz CT molecular complexity index is 351. The third kappa shape index (κ3) is 5.67. The molecule has 0 amide bonds. The first kappa shape index (κ1) is 14.0. The minimum absolute atomic E-state index is 0.618. The summed E-state index contributed by atoms with van der Waals surface area (Å²) in [7, 11) is 1.69. The molecule has 1 heterocycles. The average Bonchev–Trinajstić information content (AvgIpc) is 2.74. The predicted octanol–water partition coefficient (Wildman–Crippen LogP) is 1.00. The largest absolute Gasteiger partial charge is 0.385 e. The summed E-state index contributed by atoms with van der Waals surface area (Å²) >= 11 is 1.75. The molecule has 0 saturated carbocycles. The maximum atomic E-state index is 5.39. The van der Waals surface area contributed by atoms with Gasteiger partial charge in [-0.2, -0.15) is 0 Å². The summed E-state index contributed by atoms with van der Waals surface area (Å²) in [6.07, 6.45) is 0.926. The van der Waals surface area contributed by atoms with Gasteiger partial charge in [-0.15, -0.1) is 11.3 Å². The molecule has 0 radical (unpaired) electrons. The Kier molecular flexibility index (Phi) is 6.61. The van der Waals surface area contributed by atoms with Crippen molar-refractivity contribution in [3.63, 3.8) is 0 Å². The molecule has 6 heteroatoms. The molecule has 0 aliphatic carbocycles. The Morgan fingerprint density at radius 1 is 1.53 bits per heavy atom. The fourth-order valence-corrected chi connectivity index (χ4v) is 2.12. The van der Waals surface area contributed by atoms with Crippen LogP contribution in [0.1, 0.15) is 16.2 Å². The van der Waals surface area contributed by atoms with Crippen LogP contribution < -0.4 is 16.6 Å². The van der Waals surface area contributed by atoms with Crippen LogP contribution in [0, 0.1) is 6.92 Å². The van der Waals surface area contributed by atoms with Crippen LogP contribution in [0.25, 0.3) is 0 Å². The summed E-state index contributed by atoms with van der Waals surface area (Å²) in [6.45, 7) is 4.26. The Hall–Kier alpha value is -1.11. The molecule has 0 aliphatic heterocycles. The lowest BCUT2D eigenvalue weighted by atomic mass is 10.4. The number of guanidine groups is 1. The van der Waals surface area contributed by atoms with Crippen LogP contribution in [-0.4, -0.2) is 26.2 Å². The van der Waals surface area contributed by atoms with Crippen LogP contribution in [0.2, 0.25) is 0 Å². The SMILES string of the molecule is COCCCNC(=NCc1ccc(C)s1)NN. The van der Waals surface area contributed by atoms with E-state index in [2.05, 4.69) is 34.8 Å². The van der Waals surface area contributed by atoms with Crippen LogP contribution in [-0.2, 0) is 11.3 Å². The topological polar surface area (TPSA) is 71.7 Å². The number of methoxy groups -OCH3 is 1. The quantitative estimate of drug-likeness (QED) is 0.233. The van der Waals surface area contributed by atoms with E-state index in [0.29, 0.717) is 12.5 Å². The summed E-state index contributed by atoms with van der Waals surface area (Å²) in [5.74, 6) is 6.00. The van der Waals surface area contributed by atoms with Gasteiger partial charge in [0.2, 0.25) is 5.96 Å². The maximum absolute atomic E-state index is 5.39. The van der Waals surface area contributed by atoms with Crippen molar-refractivity contribution in [1.29, 1.82) is 0 Å². The van der Waals surface area contributed by atoms with E-state index in [4.69, 9.17) is 10.6 Å². The molecule has 0 aromatic carbocycles. The minimum Gasteiger partial charge on any atom is -0.385 e. The number of hydrogen-bond donors (Lipinski definition) is 3. The van der Waals surface area contributed by atoms with Crippen molar-refractivity contribution < 1.29 is 4.74 Å². The molecule has 0 atom stereocenters. The number of hydrogen-bond acceptors (Lipinski definition) is 4. The first-order chi connectivity index (χ1) is 8.26. The van der Waals surface area contributed by atoms with Gasteiger partial charge >= 0.3 is 0 Å². The molecule has 4 N–H and O–H groups in total. The van der Waals surface area contributed by atoms with E-state index in [0.717, 1.165) is 19.6 Å². The molecule has 1 aromatic heterocycles. The van der Waals surface area contributed by atoms with Gasteiger partial charge in [-0.1, -0.05) is 0 Å². The molecular weight excluding hydrogens is 236 g/mol. The molecule has 1 rings (SSSR count). The molecule has 0 spiro atoms. The van der Waals surface area contributed by atoms with Crippen LogP contribution in [0.4, 0.5) is 0 Å². The van der Waals surface area contributed by atoms with Crippen molar-refractivity contribution in [3.8, 4) is 0 Å². The zero-order valence-corrected chi connectivity index (χ0v) is 11.1. The van der Waals surface area contributed by atoms with Gasteiger partial charge in [0.15, 0.2) is 0 Å². The van der Waals surface area contributed by atoms with Crippen molar-refractivity contribution in [2.45, 2.75) is 19.9 Å². The highest BCUT2D eigenvalue weighted by Crippen LogP contribution is 2.15. The number of hydrazine groups is 1. The summed E-state index contributed by atoms with van der Waals surface area (Å²) in [6, 6.07) is 4.18. The van der Waals surface area contributed by atoms with E-state index in [9.17, 15) is 0 Å². The van der Waals surface area contributed by atoms with Gasteiger partial charge < -0.3 is 10.1 Å². The van der Waals surface area contributed by atoms with E-state index < -0.39 is 0 Å². The molecule has 96 valence electrons. The van der Waals surface area contributed by atoms with Gasteiger partial charge in [-0.25, -0.2) is 10.8 Å². The highest BCUT2D eigenvalue weighted by atomic mass is 32.1. The smallest absolute Gasteiger partial charge is 0.206 e. The van der Waals surface area contributed by atoms with Crippen LogP contribution in [0.5, 0.6) is 0 Å². The number of nitrogens with zero attached hydrogens (tertiary/aromatic N) is 1. The molecule has 5 nitrogen and oxygen atoms in total. The van der Waals surface area contributed by atoms with Crippen LogP contribution >= 0.6 is 11.3 Å². The first-order valence-corrected chi connectivity index (χ1v) is 6.37. The molecule has 1 aromatic rings. The Morgan fingerprint density at radius 2 is 2.35 bits per heavy atom. The highest BCUT2D eigenvalue weighted by Gasteiger charge is 1.98. The molecule has 17 heavy (non-hydrogen) atoms. The summed E-state index contributed by atoms with van der Waals surface area (Å²) in [5, 5.41) is 3.12. The van der Waals surface area contributed by atoms with E-state index >= 15 is 0 Å². The molecule has 0 saturated heterocycles. The third-order valence-electron chi connectivity index (χ3n) is 2.14. The number of rotatable bonds is 6. The highest BCUT2D eigenvalue weighted by molar-refractivity contribution is 7.11. The molecule has 0 fully saturated rings. The number of nitrogens with two attached hydrogens (primary N) is 1. The lowest BCUT2D eigenvalue weighted by molar-refractivity contribution is 0.195. The number of nitrogens with one attached hydrogen (secondary N) is 2. The monoisotopic (exact) mass is 256 g/mol. The zero-order valence-electron chi connectivity index (χ0n) is 10.3. The third-order valence-corrected chi connectivity index (χ3v) is 3.13. The Morgan fingerprint density at radius 3 is 2.94 bits per heavy atom. The molecule has 0 bridgehead atoms. The normalized spacial score (nSPS) is 11.6.